The van der Waals surface area contributed by atoms with Crippen LogP contribution in [-0.2, 0) is 17.7 Å². The van der Waals surface area contributed by atoms with Crippen molar-refractivity contribution in [3.63, 3.8) is 0 Å². The minimum atomic E-state index is -2.34. The molecule has 0 amide bonds. The van der Waals surface area contributed by atoms with Crippen molar-refractivity contribution in [3.8, 4) is 11.5 Å². The number of rotatable bonds is 6. The normalized spacial score (nSPS) is 12.6. The van der Waals surface area contributed by atoms with Crippen LogP contribution in [0.4, 0.5) is 5.88 Å². The Morgan fingerprint density at radius 1 is 1.31 bits per heavy atom. The molecule has 0 aliphatic heterocycles. The summed E-state index contributed by atoms with van der Waals surface area (Å²) in [4.78, 5) is 0. The van der Waals surface area contributed by atoms with Gasteiger partial charge in [0.15, 0.2) is 5.76 Å². The maximum atomic E-state index is 10.4. The van der Waals surface area contributed by atoms with Crippen LogP contribution in [0.5, 0.6) is 11.5 Å². The Hall–Kier alpha value is -1.21. The first kappa shape index (κ1) is 12.9. The summed E-state index contributed by atoms with van der Waals surface area (Å²) in [5.74, 6) is -0.971. The molecule has 0 spiro atoms. The van der Waals surface area contributed by atoms with Gasteiger partial charge >= 0.3 is 0 Å². The Labute approximate surface area is 95.7 Å². The molecular weight excluding hydrogens is 234 g/mol. The average Bonchev–Trinajstić information content (AvgIpc) is 2.47. The zero-order valence-corrected chi connectivity index (χ0v) is 9.71. The molecule has 1 rings (SSSR count). The van der Waals surface area contributed by atoms with Crippen molar-refractivity contribution in [2.45, 2.75) is 32.6 Å². The number of unbranched alkanes of at least 4 members (excludes halogenated alkanes) is 2. The van der Waals surface area contributed by atoms with Gasteiger partial charge in [0.2, 0.25) is 11.5 Å². The molecule has 16 heavy (non-hydrogen) atoms. The molecule has 0 radical (unpaired) electrons. The fourth-order valence-electron chi connectivity index (χ4n) is 1.31. The maximum absolute atomic E-state index is 10.4. The lowest BCUT2D eigenvalue weighted by atomic mass is 10.1. The summed E-state index contributed by atoms with van der Waals surface area (Å²) in [6, 6.07) is 0. The van der Waals surface area contributed by atoms with Gasteiger partial charge in [0, 0.05) is 6.42 Å². The molecule has 92 valence electrons. The van der Waals surface area contributed by atoms with Crippen molar-refractivity contribution in [1.82, 2.24) is 0 Å². The predicted octanol–water partition coefficient (Wildman–Crippen LogP) is 1.97. The molecule has 6 nitrogen and oxygen atoms in total. The van der Waals surface area contributed by atoms with Crippen LogP contribution in [0.3, 0.4) is 0 Å². The van der Waals surface area contributed by atoms with Crippen LogP contribution < -0.4 is 4.72 Å². The molecule has 1 heterocycles. The van der Waals surface area contributed by atoms with Crippen LogP contribution in [0.15, 0.2) is 4.42 Å². The molecule has 0 bridgehead atoms. The van der Waals surface area contributed by atoms with Gasteiger partial charge in [-0.15, -0.1) is 0 Å². The fraction of sp³-hybridized carbons (Fsp3) is 0.556. The van der Waals surface area contributed by atoms with Crippen molar-refractivity contribution in [2.75, 3.05) is 4.72 Å². The van der Waals surface area contributed by atoms with Crippen molar-refractivity contribution < 1.29 is 23.4 Å². The fourth-order valence-corrected chi connectivity index (χ4v) is 1.61. The smallest absolute Gasteiger partial charge is 0.261 e. The quantitative estimate of drug-likeness (QED) is 0.456. The molecule has 1 aromatic heterocycles. The SMILES string of the molecule is CCCCCc1oc(NS(=O)O)c(O)c1O. The van der Waals surface area contributed by atoms with Crippen LogP contribution in [0, 0.1) is 0 Å². The lowest BCUT2D eigenvalue weighted by molar-refractivity contribution is 0.401. The Bertz CT molecular complexity index is 376. The standard InChI is InChI=1S/C9H15NO5S/c1-2-3-4-5-6-7(11)8(12)9(15-6)10-16(13)14/h10-12H,2-5H2,1H3,(H,13,14). The van der Waals surface area contributed by atoms with Crippen LogP contribution >= 0.6 is 0 Å². The molecule has 1 atom stereocenters. The van der Waals surface area contributed by atoms with Crippen LogP contribution in [-0.4, -0.2) is 19.0 Å². The number of nitrogens with one attached hydrogen (secondary N) is 1. The lowest BCUT2D eigenvalue weighted by Gasteiger charge is -1.96. The monoisotopic (exact) mass is 249 g/mol. The van der Waals surface area contributed by atoms with Gasteiger partial charge in [-0.1, -0.05) is 19.8 Å². The zero-order valence-electron chi connectivity index (χ0n) is 8.89. The molecule has 0 aliphatic carbocycles. The highest BCUT2D eigenvalue weighted by atomic mass is 32.2. The van der Waals surface area contributed by atoms with Crippen molar-refractivity contribution in [1.29, 1.82) is 0 Å². The van der Waals surface area contributed by atoms with E-state index in [9.17, 15) is 14.4 Å². The highest BCUT2D eigenvalue weighted by Crippen LogP contribution is 2.40. The summed E-state index contributed by atoms with van der Waals surface area (Å²) in [6.45, 7) is 2.04. The van der Waals surface area contributed by atoms with E-state index in [1.165, 1.54) is 0 Å². The summed E-state index contributed by atoms with van der Waals surface area (Å²) in [5, 5.41) is 18.8. The third kappa shape index (κ3) is 3.14. The summed E-state index contributed by atoms with van der Waals surface area (Å²) in [6.07, 6.45) is 3.31. The van der Waals surface area contributed by atoms with Gasteiger partial charge in [-0.05, 0) is 6.42 Å². The van der Waals surface area contributed by atoms with E-state index in [-0.39, 0.29) is 17.4 Å². The van der Waals surface area contributed by atoms with Crippen molar-refractivity contribution >= 4 is 17.2 Å². The summed E-state index contributed by atoms with van der Waals surface area (Å²) in [7, 11) is 0. The van der Waals surface area contributed by atoms with Gasteiger partial charge in [-0.25, -0.2) is 8.93 Å². The molecule has 0 aliphatic rings. The molecule has 4 N–H and O–H groups in total. The van der Waals surface area contributed by atoms with E-state index in [4.69, 9.17) is 8.97 Å². The Kier molecular flexibility index (Phi) is 4.63. The van der Waals surface area contributed by atoms with E-state index in [0.29, 0.717) is 6.42 Å². The molecule has 7 heteroatoms. The first-order valence-electron chi connectivity index (χ1n) is 4.97. The van der Waals surface area contributed by atoms with Gasteiger partial charge in [-0.2, -0.15) is 0 Å². The molecular formula is C9H15NO5S. The van der Waals surface area contributed by atoms with E-state index in [2.05, 4.69) is 0 Å². The minimum Gasteiger partial charge on any atom is -0.502 e. The zero-order chi connectivity index (χ0) is 12.1. The summed E-state index contributed by atoms with van der Waals surface area (Å²) in [5.41, 5.74) is 0. The van der Waals surface area contributed by atoms with Crippen molar-refractivity contribution in [3.05, 3.63) is 5.76 Å². The highest BCUT2D eigenvalue weighted by molar-refractivity contribution is 7.80. The van der Waals surface area contributed by atoms with Gasteiger partial charge in [-0.3, -0.25) is 4.55 Å². The van der Waals surface area contributed by atoms with E-state index in [1.54, 1.807) is 0 Å². The first-order valence-corrected chi connectivity index (χ1v) is 6.08. The van der Waals surface area contributed by atoms with Gasteiger partial charge < -0.3 is 14.6 Å². The Morgan fingerprint density at radius 3 is 2.56 bits per heavy atom. The minimum absolute atomic E-state index is 0.221. The molecule has 0 saturated heterocycles. The second-order valence-electron chi connectivity index (χ2n) is 3.36. The molecule has 0 fully saturated rings. The number of hydrogen-bond acceptors (Lipinski definition) is 4. The van der Waals surface area contributed by atoms with Crippen LogP contribution in [0.1, 0.15) is 31.9 Å². The highest BCUT2D eigenvalue weighted by Gasteiger charge is 2.19. The van der Waals surface area contributed by atoms with Crippen LogP contribution in [0.2, 0.25) is 0 Å². The second-order valence-corrected chi connectivity index (χ2v) is 4.06. The Morgan fingerprint density at radius 2 is 2.00 bits per heavy atom. The summed E-state index contributed by atoms with van der Waals surface area (Å²) < 4.78 is 26.0. The third-order valence-corrected chi connectivity index (χ3v) is 2.48. The summed E-state index contributed by atoms with van der Waals surface area (Å²) >= 11 is -2.34. The lowest BCUT2D eigenvalue weighted by Crippen LogP contribution is -2.00. The Balaban J connectivity index is 2.74. The number of aromatic hydroxyl groups is 2. The van der Waals surface area contributed by atoms with Gasteiger partial charge in [0.1, 0.15) is 0 Å². The van der Waals surface area contributed by atoms with Crippen LogP contribution in [0.25, 0.3) is 0 Å². The molecule has 0 aromatic carbocycles. The van der Waals surface area contributed by atoms with E-state index in [0.717, 1.165) is 19.3 Å². The topological polar surface area (TPSA) is 103 Å². The number of furan rings is 1. The second kappa shape index (κ2) is 5.76. The molecule has 1 aromatic rings. The molecule has 1 unspecified atom stereocenters. The first-order chi connectivity index (χ1) is 7.56. The predicted molar refractivity (Wildman–Crippen MR) is 59.7 cm³/mol. The number of hydrogen-bond donors (Lipinski definition) is 4. The van der Waals surface area contributed by atoms with E-state index >= 15 is 0 Å². The van der Waals surface area contributed by atoms with Gasteiger partial charge in [0.25, 0.3) is 17.2 Å². The number of aryl methyl sites for hydroxylation is 1. The number of anilines is 1. The van der Waals surface area contributed by atoms with E-state index in [1.807, 2.05) is 11.6 Å². The average molecular weight is 249 g/mol. The molecule has 0 saturated carbocycles. The van der Waals surface area contributed by atoms with Gasteiger partial charge in [0.05, 0.1) is 0 Å². The third-order valence-electron chi connectivity index (χ3n) is 2.12. The van der Waals surface area contributed by atoms with Crippen molar-refractivity contribution in [2.24, 2.45) is 0 Å². The van der Waals surface area contributed by atoms with E-state index < -0.39 is 17.0 Å². The maximum Gasteiger partial charge on any atom is 0.261 e. The largest absolute Gasteiger partial charge is 0.502 e.